The minimum Gasteiger partial charge on any atom is -0.457 e. The van der Waals surface area contributed by atoms with Crippen LogP contribution in [0.5, 0.6) is 0 Å². The van der Waals surface area contributed by atoms with Gasteiger partial charge < -0.3 is 9.73 Å². The lowest BCUT2D eigenvalue weighted by Gasteiger charge is -2.02. The Morgan fingerprint density at radius 1 is 1.35 bits per heavy atom. The fraction of sp³-hybridized carbons (Fsp3) is 0.0667. The molecule has 0 aliphatic carbocycles. The topological polar surface area (TPSA) is 85.4 Å². The van der Waals surface area contributed by atoms with Crippen LogP contribution < -0.4 is 5.32 Å². The van der Waals surface area contributed by atoms with Crippen LogP contribution in [0.2, 0.25) is 0 Å². The van der Waals surface area contributed by atoms with Gasteiger partial charge in [0.15, 0.2) is 0 Å². The summed E-state index contributed by atoms with van der Waals surface area (Å²) in [5.74, 6) is 1.15. The van der Waals surface area contributed by atoms with Crippen molar-refractivity contribution in [1.29, 1.82) is 0 Å². The van der Waals surface area contributed by atoms with Crippen LogP contribution >= 0.6 is 24.0 Å². The van der Waals surface area contributed by atoms with Gasteiger partial charge in [0.25, 0.3) is 10.9 Å². The van der Waals surface area contributed by atoms with E-state index in [1.807, 2.05) is 0 Å². The van der Waals surface area contributed by atoms with Crippen LogP contribution in [0.15, 0.2) is 39.7 Å². The van der Waals surface area contributed by atoms with Crippen LogP contribution in [-0.2, 0) is 0 Å². The van der Waals surface area contributed by atoms with Crippen LogP contribution in [0.1, 0.15) is 11.3 Å². The SMILES string of the molecule is Cc1cc([N+](=O)[O-])ccc1-c1ccc(/C=C2\SC(=O)NC2=S)o1. The number of nitrogens with zero attached hydrogens (tertiary/aromatic N) is 1. The third-order valence-electron chi connectivity index (χ3n) is 3.23. The van der Waals surface area contributed by atoms with Crippen LogP contribution in [0.3, 0.4) is 0 Å². The van der Waals surface area contributed by atoms with Gasteiger partial charge in [-0.15, -0.1) is 0 Å². The average molecular weight is 346 g/mol. The van der Waals surface area contributed by atoms with E-state index in [0.717, 1.165) is 22.9 Å². The first-order valence-corrected chi connectivity index (χ1v) is 7.76. The molecule has 1 aliphatic rings. The Balaban J connectivity index is 1.91. The van der Waals surface area contributed by atoms with E-state index in [4.69, 9.17) is 16.6 Å². The summed E-state index contributed by atoms with van der Waals surface area (Å²) in [6.45, 7) is 1.79. The zero-order valence-electron chi connectivity index (χ0n) is 11.9. The number of furan rings is 1. The third kappa shape index (κ3) is 3.17. The lowest BCUT2D eigenvalue weighted by molar-refractivity contribution is -0.384. The number of benzene rings is 1. The highest BCUT2D eigenvalue weighted by Gasteiger charge is 2.22. The Hall–Kier alpha value is -2.45. The van der Waals surface area contributed by atoms with Crippen molar-refractivity contribution in [2.24, 2.45) is 0 Å². The molecule has 2 aromatic rings. The first-order chi connectivity index (χ1) is 10.9. The molecular formula is C15H10N2O4S2. The summed E-state index contributed by atoms with van der Waals surface area (Å²) in [6, 6.07) is 8.13. The summed E-state index contributed by atoms with van der Waals surface area (Å²) >= 11 is 6.07. The molecule has 116 valence electrons. The van der Waals surface area contributed by atoms with Crippen molar-refractivity contribution in [3.05, 3.63) is 56.7 Å². The van der Waals surface area contributed by atoms with Gasteiger partial charge in [0.05, 0.1) is 9.83 Å². The van der Waals surface area contributed by atoms with Gasteiger partial charge in [-0.05, 0) is 48.5 Å². The number of thiocarbonyl (C=S) groups is 1. The number of hydrogen-bond donors (Lipinski definition) is 1. The molecule has 1 amide bonds. The van der Waals surface area contributed by atoms with E-state index in [-0.39, 0.29) is 10.9 Å². The standard InChI is InChI=1S/C15H10N2O4S2/c1-8-6-9(17(19)20)2-4-11(8)12-5-3-10(21-12)7-13-14(22)16-15(18)23-13/h2-7H,1H3,(H,16,18,22)/b13-7-. The second-order valence-corrected chi connectivity index (χ2v) is 6.23. The third-order valence-corrected chi connectivity index (χ3v) is 4.51. The number of nitro groups is 1. The number of aryl methyl sites for hydroxylation is 1. The van der Waals surface area contributed by atoms with E-state index in [2.05, 4.69) is 5.32 Å². The van der Waals surface area contributed by atoms with Crippen molar-refractivity contribution in [2.75, 3.05) is 0 Å². The minimum atomic E-state index is -0.433. The smallest absolute Gasteiger partial charge is 0.289 e. The Labute approximate surface area is 140 Å². The second-order valence-electron chi connectivity index (χ2n) is 4.81. The number of thioether (sulfide) groups is 1. The fourth-order valence-electron chi connectivity index (χ4n) is 2.16. The molecule has 1 aromatic carbocycles. The summed E-state index contributed by atoms with van der Waals surface area (Å²) in [4.78, 5) is 22.6. The molecule has 0 saturated carbocycles. The fourth-order valence-corrected chi connectivity index (χ4v) is 3.18. The van der Waals surface area contributed by atoms with Crippen molar-refractivity contribution in [2.45, 2.75) is 6.92 Å². The molecule has 6 nitrogen and oxygen atoms in total. The van der Waals surface area contributed by atoms with E-state index >= 15 is 0 Å². The quantitative estimate of drug-likeness (QED) is 0.386. The maximum Gasteiger partial charge on any atom is 0.289 e. The van der Waals surface area contributed by atoms with Gasteiger partial charge in [-0.25, -0.2) is 0 Å². The van der Waals surface area contributed by atoms with Crippen molar-refractivity contribution in [1.82, 2.24) is 5.32 Å². The molecule has 0 radical (unpaired) electrons. The molecule has 1 fully saturated rings. The van der Waals surface area contributed by atoms with Crippen LogP contribution in [0, 0.1) is 17.0 Å². The van der Waals surface area contributed by atoms with Gasteiger partial charge in [-0.1, -0.05) is 12.2 Å². The number of nitro benzene ring substituents is 1. The Kier molecular flexibility index (Phi) is 4.01. The molecule has 23 heavy (non-hydrogen) atoms. The number of non-ortho nitro benzene ring substituents is 1. The molecular weight excluding hydrogens is 336 g/mol. The summed E-state index contributed by atoms with van der Waals surface area (Å²) in [5.41, 5.74) is 1.56. The molecule has 0 atom stereocenters. The molecule has 3 rings (SSSR count). The number of rotatable bonds is 3. The van der Waals surface area contributed by atoms with Gasteiger partial charge in [-0.3, -0.25) is 14.9 Å². The van der Waals surface area contributed by atoms with E-state index in [1.54, 1.807) is 31.2 Å². The summed E-state index contributed by atoms with van der Waals surface area (Å²) < 4.78 is 5.74. The van der Waals surface area contributed by atoms with Crippen molar-refractivity contribution in [3.8, 4) is 11.3 Å². The maximum absolute atomic E-state index is 11.3. The zero-order valence-corrected chi connectivity index (χ0v) is 13.5. The van der Waals surface area contributed by atoms with Gasteiger partial charge in [0.1, 0.15) is 16.5 Å². The molecule has 0 unspecified atom stereocenters. The molecule has 2 heterocycles. The molecule has 1 N–H and O–H groups in total. The van der Waals surface area contributed by atoms with E-state index in [0.29, 0.717) is 21.4 Å². The predicted octanol–water partition coefficient (Wildman–Crippen LogP) is 4.29. The number of carbonyl (C=O) groups is 1. The first kappa shape index (κ1) is 15.4. The Morgan fingerprint density at radius 2 is 2.13 bits per heavy atom. The minimum absolute atomic E-state index is 0.0393. The summed E-state index contributed by atoms with van der Waals surface area (Å²) in [5, 5.41) is 13.1. The molecule has 1 aliphatic heterocycles. The van der Waals surface area contributed by atoms with Gasteiger partial charge in [0, 0.05) is 17.7 Å². The Morgan fingerprint density at radius 3 is 2.74 bits per heavy atom. The molecule has 8 heteroatoms. The number of hydrogen-bond acceptors (Lipinski definition) is 6. The van der Waals surface area contributed by atoms with Crippen molar-refractivity contribution in [3.63, 3.8) is 0 Å². The highest BCUT2D eigenvalue weighted by molar-refractivity contribution is 8.19. The normalized spacial score (nSPS) is 16.0. The van der Waals surface area contributed by atoms with Crippen LogP contribution in [0.25, 0.3) is 17.4 Å². The van der Waals surface area contributed by atoms with E-state index in [9.17, 15) is 14.9 Å². The zero-order chi connectivity index (χ0) is 16.6. The number of nitrogens with one attached hydrogen (secondary N) is 1. The van der Waals surface area contributed by atoms with Crippen molar-refractivity contribution >= 4 is 46.0 Å². The van der Waals surface area contributed by atoms with Gasteiger partial charge in [-0.2, -0.15) is 0 Å². The largest absolute Gasteiger partial charge is 0.457 e. The molecule has 0 bridgehead atoms. The van der Waals surface area contributed by atoms with E-state index < -0.39 is 4.92 Å². The lowest BCUT2D eigenvalue weighted by Crippen LogP contribution is -2.15. The monoisotopic (exact) mass is 346 g/mol. The number of carbonyl (C=O) groups excluding carboxylic acids is 1. The van der Waals surface area contributed by atoms with Gasteiger partial charge >= 0.3 is 0 Å². The highest BCUT2D eigenvalue weighted by atomic mass is 32.2. The highest BCUT2D eigenvalue weighted by Crippen LogP contribution is 2.31. The average Bonchev–Trinajstić information content (AvgIpc) is 3.06. The predicted molar refractivity (Wildman–Crippen MR) is 92.2 cm³/mol. The van der Waals surface area contributed by atoms with E-state index in [1.165, 1.54) is 12.1 Å². The maximum atomic E-state index is 11.3. The first-order valence-electron chi connectivity index (χ1n) is 6.54. The van der Waals surface area contributed by atoms with Crippen LogP contribution in [-0.4, -0.2) is 15.2 Å². The van der Waals surface area contributed by atoms with Crippen molar-refractivity contribution < 1.29 is 14.1 Å². The molecule has 1 saturated heterocycles. The molecule has 0 spiro atoms. The number of amides is 1. The molecule has 1 aromatic heterocycles. The Bertz CT molecular complexity index is 870. The summed E-state index contributed by atoms with van der Waals surface area (Å²) in [7, 11) is 0. The lowest BCUT2D eigenvalue weighted by atomic mass is 10.1. The van der Waals surface area contributed by atoms with Crippen LogP contribution in [0.4, 0.5) is 10.5 Å². The van der Waals surface area contributed by atoms with Gasteiger partial charge in [0.2, 0.25) is 0 Å². The second kappa shape index (κ2) is 5.98. The summed E-state index contributed by atoms with van der Waals surface area (Å²) in [6.07, 6.45) is 1.69.